The molecule has 0 saturated heterocycles. The molecular weight excluding hydrogens is 222 g/mol. The van der Waals surface area contributed by atoms with Crippen LogP contribution in [0.15, 0.2) is 12.4 Å². The van der Waals surface area contributed by atoms with Crippen molar-refractivity contribution in [2.45, 2.75) is 65.3 Å². The van der Waals surface area contributed by atoms with Crippen molar-refractivity contribution in [1.29, 1.82) is 0 Å². The maximum Gasteiger partial charge on any atom is 0.115 e. The molecule has 0 aliphatic heterocycles. The average molecular weight is 249 g/mol. The predicted octanol–water partition coefficient (Wildman–Crippen LogP) is 3.31. The van der Waals surface area contributed by atoms with Gasteiger partial charge in [-0.15, -0.1) is 0 Å². The van der Waals surface area contributed by atoms with Gasteiger partial charge >= 0.3 is 0 Å². The fourth-order valence-corrected chi connectivity index (χ4v) is 2.34. The lowest BCUT2D eigenvalue weighted by atomic mass is 9.93. The van der Waals surface area contributed by atoms with Gasteiger partial charge in [-0.1, -0.05) is 27.2 Å². The normalized spacial score (nSPS) is 14.4. The molecule has 0 radical (unpaired) electrons. The minimum Gasteiger partial charge on any atom is -0.314 e. The molecule has 3 nitrogen and oxygen atoms in total. The summed E-state index contributed by atoms with van der Waals surface area (Å²) in [5.41, 5.74) is 2.36. The van der Waals surface area contributed by atoms with Crippen LogP contribution < -0.4 is 5.32 Å². The highest BCUT2D eigenvalue weighted by Gasteiger charge is 2.18. The molecule has 0 amide bonds. The molecule has 1 heterocycles. The highest BCUT2D eigenvalue weighted by Crippen LogP contribution is 2.22. The van der Waals surface area contributed by atoms with E-state index in [2.05, 4.69) is 49.0 Å². The third-order valence-corrected chi connectivity index (χ3v) is 3.39. The van der Waals surface area contributed by atoms with E-state index in [1.54, 1.807) is 6.33 Å². The molecular formula is C15H27N3. The highest BCUT2D eigenvalue weighted by atomic mass is 14.9. The Bertz CT molecular complexity index is 338. The second kappa shape index (κ2) is 8.20. The first-order valence-corrected chi connectivity index (χ1v) is 7.27. The van der Waals surface area contributed by atoms with Crippen LogP contribution in [0.25, 0.3) is 0 Å². The van der Waals surface area contributed by atoms with Gasteiger partial charge in [0.15, 0.2) is 0 Å². The Balaban J connectivity index is 2.77. The van der Waals surface area contributed by atoms with Gasteiger partial charge in [0.2, 0.25) is 0 Å². The van der Waals surface area contributed by atoms with Crippen molar-refractivity contribution in [2.75, 3.05) is 6.54 Å². The Labute approximate surface area is 111 Å². The minimum absolute atomic E-state index is 0.472. The zero-order valence-electron chi connectivity index (χ0n) is 12.2. The van der Waals surface area contributed by atoms with Crippen molar-refractivity contribution < 1.29 is 0 Å². The second-order valence-corrected chi connectivity index (χ2v) is 4.94. The summed E-state index contributed by atoms with van der Waals surface area (Å²) in [7, 11) is 0. The molecule has 2 unspecified atom stereocenters. The molecule has 0 aliphatic carbocycles. The molecule has 18 heavy (non-hydrogen) atoms. The Hall–Kier alpha value is -0.960. The van der Waals surface area contributed by atoms with Gasteiger partial charge in [0.1, 0.15) is 6.33 Å². The minimum atomic E-state index is 0.472. The molecule has 1 aromatic heterocycles. The number of aryl methyl sites for hydroxylation is 1. The third-order valence-electron chi connectivity index (χ3n) is 3.39. The van der Waals surface area contributed by atoms with Gasteiger partial charge < -0.3 is 5.32 Å². The SMILES string of the molecule is CCCNC(C)C(CC)c1cc(CCC)ncn1. The molecule has 102 valence electrons. The van der Waals surface area contributed by atoms with Crippen LogP contribution in [0.5, 0.6) is 0 Å². The number of hydrogen-bond donors (Lipinski definition) is 1. The van der Waals surface area contributed by atoms with E-state index in [0.717, 1.165) is 25.8 Å². The zero-order valence-corrected chi connectivity index (χ0v) is 12.2. The molecule has 1 rings (SSSR count). The lowest BCUT2D eigenvalue weighted by Gasteiger charge is -2.23. The molecule has 2 atom stereocenters. The quantitative estimate of drug-likeness (QED) is 0.768. The molecule has 0 aromatic carbocycles. The van der Waals surface area contributed by atoms with Crippen molar-refractivity contribution in [2.24, 2.45) is 0 Å². The summed E-state index contributed by atoms with van der Waals surface area (Å²) in [6.45, 7) is 9.95. The van der Waals surface area contributed by atoms with Crippen LogP contribution in [0, 0.1) is 0 Å². The zero-order chi connectivity index (χ0) is 13.4. The van der Waals surface area contributed by atoms with E-state index >= 15 is 0 Å². The standard InChI is InChI=1S/C15H27N3/c1-5-8-13-10-15(18-11-17-13)14(7-3)12(4)16-9-6-2/h10-12,14,16H,5-9H2,1-4H3. The van der Waals surface area contributed by atoms with Gasteiger partial charge in [-0.2, -0.15) is 0 Å². The summed E-state index contributed by atoms with van der Waals surface area (Å²) < 4.78 is 0. The lowest BCUT2D eigenvalue weighted by molar-refractivity contribution is 0.442. The first-order chi connectivity index (χ1) is 8.72. The Morgan fingerprint density at radius 1 is 1.17 bits per heavy atom. The van der Waals surface area contributed by atoms with Gasteiger partial charge in [-0.3, -0.25) is 0 Å². The van der Waals surface area contributed by atoms with Gasteiger partial charge in [0.05, 0.1) is 0 Å². The molecule has 0 aliphatic rings. The number of aromatic nitrogens is 2. The molecule has 3 heteroatoms. The van der Waals surface area contributed by atoms with Crippen LogP contribution in [-0.4, -0.2) is 22.6 Å². The van der Waals surface area contributed by atoms with Gasteiger partial charge in [0.25, 0.3) is 0 Å². The number of nitrogens with zero attached hydrogens (tertiary/aromatic N) is 2. The first kappa shape index (κ1) is 15.1. The third kappa shape index (κ3) is 4.37. The van der Waals surface area contributed by atoms with E-state index < -0.39 is 0 Å². The summed E-state index contributed by atoms with van der Waals surface area (Å²) in [5.74, 6) is 0.482. The van der Waals surface area contributed by atoms with Crippen LogP contribution in [0.3, 0.4) is 0 Å². The highest BCUT2D eigenvalue weighted by molar-refractivity contribution is 5.14. The smallest absolute Gasteiger partial charge is 0.115 e. The molecule has 0 bridgehead atoms. The number of rotatable bonds is 8. The second-order valence-electron chi connectivity index (χ2n) is 4.94. The average Bonchev–Trinajstić information content (AvgIpc) is 2.38. The van der Waals surface area contributed by atoms with Crippen molar-refractivity contribution in [3.8, 4) is 0 Å². The largest absolute Gasteiger partial charge is 0.314 e. The summed E-state index contributed by atoms with van der Waals surface area (Å²) in [6, 6.07) is 2.65. The van der Waals surface area contributed by atoms with Crippen molar-refractivity contribution in [1.82, 2.24) is 15.3 Å². The predicted molar refractivity (Wildman–Crippen MR) is 76.8 cm³/mol. The van der Waals surface area contributed by atoms with E-state index in [1.165, 1.54) is 17.8 Å². The molecule has 0 spiro atoms. The van der Waals surface area contributed by atoms with Crippen LogP contribution in [0.1, 0.15) is 64.3 Å². The van der Waals surface area contributed by atoms with E-state index in [-0.39, 0.29) is 0 Å². The van der Waals surface area contributed by atoms with Crippen LogP contribution in [0.2, 0.25) is 0 Å². The summed E-state index contributed by atoms with van der Waals surface area (Å²) in [5, 5.41) is 3.57. The van der Waals surface area contributed by atoms with E-state index in [1.807, 2.05) is 0 Å². The summed E-state index contributed by atoms with van der Waals surface area (Å²) in [4.78, 5) is 8.81. The fraction of sp³-hybridized carbons (Fsp3) is 0.733. The molecule has 0 fully saturated rings. The fourth-order valence-electron chi connectivity index (χ4n) is 2.34. The Morgan fingerprint density at radius 3 is 2.56 bits per heavy atom. The van der Waals surface area contributed by atoms with Crippen LogP contribution in [-0.2, 0) is 6.42 Å². The van der Waals surface area contributed by atoms with Crippen LogP contribution >= 0.6 is 0 Å². The van der Waals surface area contributed by atoms with Crippen molar-refractivity contribution in [3.63, 3.8) is 0 Å². The summed E-state index contributed by atoms with van der Waals surface area (Å²) >= 11 is 0. The Kier molecular flexibility index (Phi) is 6.88. The van der Waals surface area contributed by atoms with Crippen molar-refractivity contribution >= 4 is 0 Å². The molecule has 0 saturated carbocycles. The van der Waals surface area contributed by atoms with Crippen LogP contribution in [0.4, 0.5) is 0 Å². The maximum absolute atomic E-state index is 4.47. The van der Waals surface area contributed by atoms with Gasteiger partial charge in [-0.25, -0.2) is 9.97 Å². The van der Waals surface area contributed by atoms with E-state index in [9.17, 15) is 0 Å². The van der Waals surface area contributed by atoms with E-state index in [0.29, 0.717) is 12.0 Å². The topological polar surface area (TPSA) is 37.8 Å². The van der Waals surface area contributed by atoms with Gasteiger partial charge in [0, 0.05) is 23.3 Å². The number of nitrogens with one attached hydrogen (secondary N) is 1. The Morgan fingerprint density at radius 2 is 1.94 bits per heavy atom. The van der Waals surface area contributed by atoms with Gasteiger partial charge in [-0.05, 0) is 38.8 Å². The summed E-state index contributed by atoms with van der Waals surface area (Å²) in [6.07, 6.45) is 6.18. The lowest BCUT2D eigenvalue weighted by Crippen LogP contribution is -2.33. The monoisotopic (exact) mass is 249 g/mol. The molecule has 1 N–H and O–H groups in total. The first-order valence-electron chi connectivity index (χ1n) is 7.27. The van der Waals surface area contributed by atoms with Crippen molar-refractivity contribution in [3.05, 3.63) is 23.8 Å². The van der Waals surface area contributed by atoms with E-state index in [4.69, 9.17) is 0 Å². The number of hydrogen-bond acceptors (Lipinski definition) is 3. The maximum atomic E-state index is 4.47. The molecule has 1 aromatic rings.